The molecule has 1 saturated heterocycles. The minimum Gasteiger partial charge on any atom is -0.390 e. The lowest BCUT2D eigenvalue weighted by molar-refractivity contribution is -0.102. The van der Waals surface area contributed by atoms with Crippen molar-refractivity contribution >= 4 is 0 Å². The highest BCUT2D eigenvalue weighted by Gasteiger charge is 2.49. The van der Waals surface area contributed by atoms with E-state index in [2.05, 4.69) is 43.3 Å². The van der Waals surface area contributed by atoms with Crippen molar-refractivity contribution in [3.63, 3.8) is 0 Å². The van der Waals surface area contributed by atoms with E-state index < -0.39 is 18.3 Å². The molecule has 1 unspecified atom stereocenters. The molecule has 1 aliphatic rings. The summed E-state index contributed by atoms with van der Waals surface area (Å²) in [5, 5.41) is 11.3. The van der Waals surface area contributed by atoms with Gasteiger partial charge < -0.3 is 24.1 Å². The van der Waals surface area contributed by atoms with E-state index in [0.29, 0.717) is 32.8 Å². The second-order valence-electron chi connectivity index (χ2n) is 10.4. The second kappa shape index (κ2) is 16.5. The van der Waals surface area contributed by atoms with Crippen LogP contribution in [0, 0.1) is 0 Å². The summed E-state index contributed by atoms with van der Waals surface area (Å²) in [5.41, 5.74) is 3.27. The fourth-order valence-corrected chi connectivity index (χ4v) is 5.11. The molecule has 0 amide bonds. The summed E-state index contributed by atoms with van der Waals surface area (Å²) in [7, 11) is 0. The SMILES string of the molecule is CCCCCCCC(O)[C@H]1O[C@H](COCc2ccccc2)[C@@H](OCc2ccccc2)[C@@H]1OCc1ccccc1. The first kappa shape index (κ1) is 29.4. The average molecular weight is 533 g/mol. The topological polar surface area (TPSA) is 57.2 Å². The van der Waals surface area contributed by atoms with E-state index in [0.717, 1.165) is 29.5 Å². The highest BCUT2D eigenvalue weighted by atomic mass is 16.6. The maximum absolute atomic E-state index is 11.3. The average Bonchev–Trinajstić information content (AvgIpc) is 3.33. The standard InChI is InChI=1S/C34H44O5/c1-2-3-4-5-15-22-30(35)32-34(38-25-29-20-13-8-14-21-29)33(37-24-28-18-11-7-12-19-28)31(39-32)26-36-23-27-16-9-6-10-17-27/h6-14,16-21,30-35H,2-5,15,22-26H2,1H3/t30?,31-,32-,33-,34-/m1/s1. The summed E-state index contributed by atoms with van der Waals surface area (Å²) in [6.07, 6.45) is 4.16. The highest BCUT2D eigenvalue weighted by Crippen LogP contribution is 2.32. The van der Waals surface area contributed by atoms with Crippen LogP contribution in [0.15, 0.2) is 91.0 Å². The van der Waals surface area contributed by atoms with Gasteiger partial charge in [-0.3, -0.25) is 0 Å². The van der Waals surface area contributed by atoms with E-state index >= 15 is 0 Å². The van der Waals surface area contributed by atoms with Crippen LogP contribution in [-0.4, -0.2) is 42.2 Å². The molecule has 1 heterocycles. The first-order valence-electron chi connectivity index (χ1n) is 14.5. The van der Waals surface area contributed by atoms with Gasteiger partial charge in [0.2, 0.25) is 0 Å². The van der Waals surface area contributed by atoms with Crippen LogP contribution in [0.2, 0.25) is 0 Å². The normalized spacial score (nSPS) is 21.7. The van der Waals surface area contributed by atoms with Gasteiger partial charge in [0.25, 0.3) is 0 Å². The molecule has 0 saturated carbocycles. The smallest absolute Gasteiger partial charge is 0.115 e. The van der Waals surface area contributed by atoms with Gasteiger partial charge in [0.05, 0.1) is 32.5 Å². The van der Waals surface area contributed by atoms with Gasteiger partial charge in [0, 0.05) is 0 Å². The molecule has 0 aliphatic carbocycles. The minimum atomic E-state index is -0.630. The van der Waals surface area contributed by atoms with Crippen LogP contribution in [0.5, 0.6) is 0 Å². The lowest BCUT2D eigenvalue weighted by atomic mass is 9.98. The van der Waals surface area contributed by atoms with Crippen molar-refractivity contribution in [3.05, 3.63) is 108 Å². The number of hydrogen-bond donors (Lipinski definition) is 1. The Kier molecular flexibility index (Phi) is 12.5. The Morgan fingerprint density at radius 1 is 0.667 bits per heavy atom. The lowest BCUT2D eigenvalue weighted by Crippen LogP contribution is -2.42. The molecule has 0 bridgehead atoms. The van der Waals surface area contributed by atoms with Gasteiger partial charge in [-0.05, 0) is 23.1 Å². The van der Waals surface area contributed by atoms with Crippen LogP contribution >= 0.6 is 0 Å². The van der Waals surface area contributed by atoms with Crippen molar-refractivity contribution in [2.24, 2.45) is 0 Å². The van der Waals surface area contributed by atoms with Gasteiger partial charge in [-0.1, -0.05) is 130 Å². The minimum absolute atomic E-state index is 0.349. The first-order valence-corrected chi connectivity index (χ1v) is 14.5. The van der Waals surface area contributed by atoms with Crippen molar-refractivity contribution in [2.75, 3.05) is 6.61 Å². The predicted molar refractivity (Wildman–Crippen MR) is 154 cm³/mol. The van der Waals surface area contributed by atoms with Crippen LogP contribution < -0.4 is 0 Å². The lowest BCUT2D eigenvalue weighted by Gasteiger charge is -2.27. The Hall–Kier alpha value is -2.54. The van der Waals surface area contributed by atoms with Gasteiger partial charge in [0.1, 0.15) is 24.4 Å². The van der Waals surface area contributed by atoms with Crippen molar-refractivity contribution in [1.82, 2.24) is 0 Å². The Balaban J connectivity index is 1.47. The molecular formula is C34H44O5. The summed E-state index contributed by atoms with van der Waals surface area (Å²) in [4.78, 5) is 0. The van der Waals surface area contributed by atoms with Crippen molar-refractivity contribution in [2.45, 2.75) is 95.8 Å². The van der Waals surface area contributed by atoms with Gasteiger partial charge >= 0.3 is 0 Å². The Morgan fingerprint density at radius 2 is 1.18 bits per heavy atom. The molecule has 4 rings (SSSR count). The van der Waals surface area contributed by atoms with E-state index in [1.807, 2.05) is 54.6 Å². The van der Waals surface area contributed by atoms with Crippen molar-refractivity contribution < 1.29 is 24.1 Å². The molecule has 5 heteroatoms. The summed E-state index contributed by atoms with van der Waals surface area (Å²) in [6, 6.07) is 30.4. The molecule has 3 aromatic rings. The number of rotatable bonds is 17. The molecule has 0 radical (unpaired) electrons. The third-order valence-corrected chi connectivity index (χ3v) is 7.29. The molecule has 1 fully saturated rings. The Labute approximate surface area is 234 Å². The number of benzene rings is 3. The predicted octanol–water partition coefficient (Wildman–Crippen LogP) is 6.86. The zero-order valence-corrected chi connectivity index (χ0v) is 23.2. The molecule has 5 atom stereocenters. The van der Waals surface area contributed by atoms with Crippen molar-refractivity contribution in [1.29, 1.82) is 0 Å². The molecule has 39 heavy (non-hydrogen) atoms. The molecular weight excluding hydrogens is 488 g/mol. The van der Waals surface area contributed by atoms with Crippen LogP contribution in [0.3, 0.4) is 0 Å². The molecule has 1 N–H and O–H groups in total. The number of aliphatic hydroxyl groups is 1. The van der Waals surface area contributed by atoms with E-state index in [1.165, 1.54) is 19.3 Å². The molecule has 210 valence electrons. The Morgan fingerprint density at radius 3 is 1.74 bits per heavy atom. The van der Waals surface area contributed by atoms with Crippen LogP contribution in [0.4, 0.5) is 0 Å². The number of unbranched alkanes of at least 4 members (excludes halogenated alkanes) is 4. The number of ether oxygens (including phenoxy) is 4. The van der Waals surface area contributed by atoms with E-state index in [1.54, 1.807) is 0 Å². The monoisotopic (exact) mass is 532 g/mol. The maximum atomic E-state index is 11.3. The highest BCUT2D eigenvalue weighted by molar-refractivity contribution is 5.15. The van der Waals surface area contributed by atoms with E-state index in [4.69, 9.17) is 18.9 Å². The number of hydrogen-bond acceptors (Lipinski definition) is 5. The van der Waals surface area contributed by atoms with Crippen LogP contribution in [0.1, 0.15) is 62.1 Å². The van der Waals surface area contributed by atoms with Gasteiger partial charge in [0.15, 0.2) is 0 Å². The van der Waals surface area contributed by atoms with E-state index in [-0.39, 0.29) is 12.2 Å². The summed E-state index contributed by atoms with van der Waals surface area (Å²) >= 11 is 0. The second-order valence-corrected chi connectivity index (χ2v) is 10.4. The fourth-order valence-electron chi connectivity index (χ4n) is 5.11. The van der Waals surface area contributed by atoms with Crippen molar-refractivity contribution in [3.8, 4) is 0 Å². The molecule has 1 aliphatic heterocycles. The molecule has 3 aromatic carbocycles. The maximum Gasteiger partial charge on any atom is 0.115 e. The molecule has 5 nitrogen and oxygen atoms in total. The Bertz CT molecular complexity index is 1030. The number of aliphatic hydroxyl groups excluding tert-OH is 1. The zero-order chi connectivity index (χ0) is 27.1. The summed E-state index contributed by atoms with van der Waals surface area (Å²) < 4.78 is 25.6. The summed E-state index contributed by atoms with van der Waals surface area (Å²) in [6.45, 7) is 3.93. The van der Waals surface area contributed by atoms with Gasteiger partial charge in [-0.2, -0.15) is 0 Å². The van der Waals surface area contributed by atoms with Gasteiger partial charge in [-0.15, -0.1) is 0 Å². The van der Waals surface area contributed by atoms with Crippen LogP contribution in [0.25, 0.3) is 0 Å². The quantitative estimate of drug-likeness (QED) is 0.192. The van der Waals surface area contributed by atoms with Crippen LogP contribution in [-0.2, 0) is 38.8 Å². The summed E-state index contributed by atoms with van der Waals surface area (Å²) in [5.74, 6) is 0. The molecule has 0 aromatic heterocycles. The molecule has 0 spiro atoms. The van der Waals surface area contributed by atoms with Gasteiger partial charge in [-0.25, -0.2) is 0 Å². The third kappa shape index (κ3) is 9.55. The zero-order valence-electron chi connectivity index (χ0n) is 23.2. The first-order chi connectivity index (χ1) is 19.2. The fraction of sp³-hybridized carbons (Fsp3) is 0.471. The van der Waals surface area contributed by atoms with E-state index in [9.17, 15) is 5.11 Å². The largest absolute Gasteiger partial charge is 0.390 e. The third-order valence-electron chi connectivity index (χ3n) is 7.29.